The van der Waals surface area contributed by atoms with Gasteiger partial charge in [-0.2, -0.15) is 0 Å². The van der Waals surface area contributed by atoms with Crippen LogP contribution in [0.2, 0.25) is 0 Å². The molecule has 2 aromatic rings. The fourth-order valence-corrected chi connectivity index (χ4v) is 3.95. The number of aliphatic imine (C=N–C) groups is 1. The summed E-state index contributed by atoms with van der Waals surface area (Å²) in [5.41, 5.74) is 1.92. The van der Waals surface area contributed by atoms with Crippen LogP contribution in [-0.2, 0) is 24.2 Å². The Morgan fingerprint density at radius 3 is 2.77 bits per heavy atom. The number of aryl methyl sites for hydroxylation is 1. The quantitative estimate of drug-likeness (QED) is 0.251. The first-order chi connectivity index (χ1) is 14.2. The Balaban J connectivity index is 0.00000320. The summed E-state index contributed by atoms with van der Waals surface area (Å²) in [7, 11) is 0. The zero-order chi connectivity index (χ0) is 20.5. The molecule has 1 saturated carbocycles. The van der Waals surface area contributed by atoms with Crippen LogP contribution in [0.3, 0.4) is 0 Å². The molecule has 1 aliphatic carbocycles. The minimum Gasteiger partial charge on any atom is -0.357 e. The van der Waals surface area contributed by atoms with E-state index in [9.17, 15) is 4.79 Å². The number of aromatic nitrogens is 1. The number of halogens is 1. The van der Waals surface area contributed by atoms with Crippen molar-refractivity contribution in [3.8, 4) is 0 Å². The lowest BCUT2D eigenvalue weighted by Crippen LogP contribution is -2.38. The number of hydrogen-bond donors (Lipinski definition) is 3. The van der Waals surface area contributed by atoms with E-state index in [-0.39, 0.29) is 35.8 Å². The minimum absolute atomic E-state index is 0. The van der Waals surface area contributed by atoms with Gasteiger partial charge in [-0.1, -0.05) is 25.5 Å². The Labute approximate surface area is 200 Å². The van der Waals surface area contributed by atoms with E-state index in [1.54, 1.807) is 11.3 Å². The van der Waals surface area contributed by atoms with Crippen LogP contribution in [0.5, 0.6) is 0 Å². The van der Waals surface area contributed by atoms with E-state index in [0.717, 1.165) is 67.4 Å². The Morgan fingerprint density at radius 1 is 1.27 bits per heavy atom. The average Bonchev–Trinajstić information content (AvgIpc) is 3.13. The first kappa shape index (κ1) is 24.6. The first-order valence-corrected chi connectivity index (χ1v) is 11.3. The maximum Gasteiger partial charge on any atom is 0.227 e. The molecule has 1 amide bonds. The largest absolute Gasteiger partial charge is 0.357 e. The Hall–Kier alpha value is -1.68. The third kappa shape index (κ3) is 7.54. The number of thiazole rings is 1. The van der Waals surface area contributed by atoms with Crippen LogP contribution in [0.4, 0.5) is 5.69 Å². The molecule has 1 aromatic carbocycles. The summed E-state index contributed by atoms with van der Waals surface area (Å²) in [6, 6.07) is 7.95. The van der Waals surface area contributed by atoms with Gasteiger partial charge in [0.05, 0.1) is 11.6 Å². The van der Waals surface area contributed by atoms with Crippen molar-refractivity contribution in [2.24, 2.45) is 10.9 Å². The predicted molar refractivity (Wildman–Crippen MR) is 136 cm³/mol. The molecule has 3 rings (SSSR count). The van der Waals surface area contributed by atoms with Gasteiger partial charge in [0.15, 0.2) is 5.96 Å². The molecule has 3 N–H and O–H groups in total. The van der Waals surface area contributed by atoms with Gasteiger partial charge in [-0.3, -0.25) is 4.79 Å². The number of benzene rings is 1. The summed E-state index contributed by atoms with van der Waals surface area (Å²) < 4.78 is 0. The summed E-state index contributed by atoms with van der Waals surface area (Å²) in [5.74, 6) is 1.12. The van der Waals surface area contributed by atoms with E-state index >= 15 is 0 Å². The third-order valence-corrected chi connectivity index (χ3v) is 6.22. The molecule has 0 atom stereocenters. The molecule has 8 heteroatoms. The van der Waals surface area contributed by atoms with Gasteiger partial charge in [0, 0.05) is 42.2 Å². The predicted octanol–water partition coefficient (Wildman–Crippen LogP) is 4.36. The maximum atomic E-state index is 12.2. The van der Waals surface area contributed by atoms with Crippen LogP contribution >= 0.6 is 35.3 Å². The van der Waals surface area contributed by atoms with Crippen molar-refractivity contribution in [2.45, 2.75) is 52.5 Å². The summed E-state index contributed by atoms with van der Waals surface area (Å²) >= 11 is 1.78. The number of nitrogens with zero attached hydrogens (tertiary/aromatic N) is 2. The molecule has 0 bridgehead atoms. The number of nitrogens with one attached hydrogen (secondary N) is 3. The molecule has 164 valence electrons. The Morgan fingerprint density at radius 2 is 2.10 bits per heavy atom. The Kier molecular flexibility index (Phi) is 10.6. The monoisotopic (exact) mass is 541 g/mol. The lowest BCUT2D eigenvalue weighted by Gasteiger charge is -2.24. The van der Waals surface area contributed by atoms with E-state index in [4.69, 9.17) is 0 Å². The second-order valence-corrected chi connectivity index (χ2v) is 8.46. The van der Waals surface area contributed by atoms with E-state index < -0.39 is 0 Å². The SMILES string of the molecule is CCNC(=NCc1cccc(NC(=O)C2CCC2)c1)NCCc1ncc(CC)s1.I. The normalized spacial score (nSPS) is 13.9. The molecule has 6 nitrogen and oxygen atoms in total. The molecule has 1 aliphatic rings. The van der Waals surface area contributed by atoms with E-state index in [1.807, 2.05) is 30.5 Å². The van der Waals surface area contributed by atoms with Crippen LogP contribution in [0, 0.1) is 5.92 Å². The zero-order valence-electron chi connectivity index (χ0n) is 17.7. The van der Waals surface area contributed by atoms with Crippen molar-refractivity contribution in [2.75, 3.05) is 18.4 Å². The third-order valence-electron chi connectivity index (χ3n) is 5.02. The number of carbonyl (C=O) groups excluding carboxylic acids is 1. The number of rotatable bonds is 9. The fraction of sp³-hybridized carbons (Fsp3) is 0.500. The van der Waals surface area contributed by atoms with Gasteiger partial charge in [0.2, 0.25) is 5.91 Å². The van der Waals surface area contributed by atoms with Crippen molar-refractivity contribution < 1.29 is 4.79 Å². The second kappa shape index (κ2) is 12.9. The van der Waals surface area contributed by atoms with Crippen LogP contribution in [0.1, 0.15) is 48.6 Å². The van der Waals surface area contributed by atoms with E-state index in [0.29, 0.717) is 6.54 Å². The van der Waals surface area contributed by atoms with Crippen molar-refractivity contribution in [3.05, 3.63) is 45.9 Å². The summed E-state index contributed by atoms with van der Waals surface area (Å²) in [5, 5.41) is 10.8. The van der Waals surface area contributed by atoms with Crippen LogP contribution in [-0.4, -0.2) is 29.9 Å². The molecule has 0 unspecified atom stereocenters. The van der Waals surface area contributed by atoms with Gasteiger partial charge in [-0.25, -0.2) is 9.98 Å². The second-order valence-electron chi connectivity index (χ2n) is 7.26. The molecule has 0 saturated heterocycles. The van der Waals surface area contributed by atoms with Crippen molar-refractivity contribution in [1.29, 1.82) is 0 Å². The lowest BCUT2D eigenvalue weighted by atomic mass is 9.85. The minimum atomic E-state index is 0. The molecule has 1 aromatic heterocycles. The van der Waals surface area contributed by atoms with E-state index in [2.05, 4.69) is 39.8 Å². The van der Waals surface area contributed by atoms with Crippen LogP contribution < -0.4 is 16.0 Å². The molecule has 0 radical (unpaired) electrons. The highest BCUT2D eigenvalue weighted by Crippen LogP contribution is 2.27. The summed E-state index contributed by atoms with van der Waals surface area (Å²) in [6.07, 6.45) is 7.07. The van der Waals surface area contributed by atoms with Crippen molar-refractivity contribution in [3.63, 3.8) is 0 Å². The maximum absolute atomic E-state index is 12.2. The van der Waals surface area contributed by atoms with Gasteiger partial charge >= 0.3 is 0 Å². The average molecular weight is 542 g/mol. The molecule has 1 fully saturated rings. The van der Waals surface area contributed by atoms with Crippen LogP contribution in [0.25, 0.3) is 0 Å². The molecular formula is C22H32IN5OS. The van der Waals surface area contributed by atoms with Crippen molar-refractivity contribution in [1.82, 2.24) is 15.6 Å². The van der Waals surface area contributed by atoms with Crippen LogP contribution in [0.15, 0.2) is 35.5 Å². The highest BCUT2D eigenvalue weighted by atomic mass is 127. The number of amides is 1. The number of hydrogen-bond acceptors (Lipinski definition) is 4. The zero-order valence-corrected chi connectivity index (χ0v) is 20.9. The summed E-state index contributed by atoms with van der Waals surface area (Å²) in [4.78, 5) is 22.6. The number of anilines is 1. The smallest absolute Gasteiger partial charge is 0.227 e. The topological polar surface area (TPSA) is 78.4 Å². The van der Waals surface area contributed by atoms with Gasteiger partial charge in [-0.05, 0) is 43.9 Å². The standard InChI is InChI=1S/C22H31N5OS.HI/c1-3-19-15-25-20(29-19)11-12-24-22(23-4-2)26-14-16-7-5-10-18(13-16)27-21(28)17-8-6-9-17;/h5,7,10,13,15,17H,3-4,6,8-9,11-12,14H2,1-2H3,(H,27,28)(H2,23,24,26);1H. The van der Waals surface area contributed by atoms with Gasteiger partial charge in [0.1, 0.15) is 0 Å². The van der Waals surface area contributed by atoms with Gasteiger partial charge < -0.3 is 16.0 Å². The Bertz CT molecular complexity index is 834. The number of guanidine groups is 1. The molecule has 0 aliphatic heterocycles. The molecule has 1 heterocycles. The first-order valence-electron chi connectivity index (χ1n) is 10.5. The highest BCUT2D eigenvalue weighted by Gasteiger charge is 2.25. The van der Waals surface area contributed by atoms with Gasteiger partial charge in [0.25, 0.3) is 0 Å². The molecule has 30 heavy (non-hydrogen) atoms. The summed E-state index contributed by atoms with van der Waals surface area (Å²) in [6.45, 7) is 6.36. The number of carbonyl (C=O) groups is 1. The lowest BCUT2D eigenvalue weighted by molar-refractivity contribution is -0.122. The molecule has 0 spiro atoms. The van der Waals surface area contributed by atoms with Gasteiger partial charge in [-0.15, -0.1) is 35.3 Å². The van der Waals surface area contributed by atoms with E-state index in [1.165, 1.54) is 4.88 Å². The highest BCUT2D eigenvalue weighted by molar-refractivity contribution is 14.0. The fourth-order valence-electron chi connectivity index (χ4n) is 3.09. The van der Waals surface area contributed by atoms with Crippen molar-refractivity contribution >= 4 is 52.9 Å². The molecular weight excluding hydrogens is 509 g/mol.